The topological polar surface area (TPSA) is 79.4 Å². The first-order valence-corrected chi connectivity index (χ1v) is 8.70. The van der Waals surface area contributed by atoms with Crippen molar-refractivity contribution in [3.8, 4) is 23.1 Å². The number of nitrogens with zero attached hydrogens (tertiary/aromatic N) is 3. The van der Waals surface area contributed by atoms with Crippen molar-refractivity contribution in [2.24, 2.45) is 0 Å². The van der Waals surface area contributed by atoms with Crippen LogP contribution in [-0.2, 0) is 4.79 Å². The van der Waals surface area contributed by atoms with E-state index in [-0.39, 0.29) is 12.5 Å². The molecule has 0 fully saturated rings. The summed E-state index contributed by atoms with van der Waals surface area (Å²) in [6.45, 7) is -0.153. The van der Waals surface area contributed by atoms with Crippen LogP contribution in [0.25, 0.3) is 16.9 Å². The maximum absolute atomic E-state index is 12.5. The van der Waals surface area contributed by atoms with E-state index in [1.807, 2.05) is 65.2 Å². The zero-order valence-electron chi connectivity index (χ0n) is 14.9. The van der Waals surface area contributed by atoms with E-state index in [0.29, 0.717) is 22.8 Å². The highest BCUT2D eigenvalue weighted by Gasteiger charge is 2.16. The van der Waals surface area contributed by atoms with Gasteiger partial charge in [0, 0.05) is 11.8 Å². The molecule has 4 aromatic rings. The Balaban J connectivity index is 1.56. The largest absolute Gasteiger partial charge is 0.484 e. The maximum Gasteiger partial charge on any atom is 0.263 e. The fourth-order valence-corrected chi connectivity index (χ4v) is 2.86. The van der Waals surface area contributed by atoms with Crippen LogP contribution in [0.1, 0.15) is 5.56 Å². The Morgan fingerprint density at radius 2 is 1.79 bits per heavy atom. The molecule has 4 rings (SSSR count). The molecule has 0 saturated heterocycles. The van der Waals surface area contributed by atoms with Gasteiger partial charge in [0.25, 0.3) is 5.91 Å². The first kappa shape index (κ1) is 17.3. The number of carbonyl (C=O) groups excluding carboxylic acids is 1. The van der Waals surface area contributed by atoms with E-state index in [0.717, 1.165) is 11.2 Å². The lowest BCUT2D eigenvalue weighted by atomic mass is 10.1. The molecule has 2 aromatic heterocycles. The molecule has 0 saturated carbocycles. The standard InChI is InChI=1S/C22H16N4O2/c23-14-16-9-11-18(12-10-16)28-15-20(27)25-22-21(17-6-2-1-3-7-17)24-19-8-4-5-13-26(19)22/h1-13H,15H2,(H,25,27). The number of ether oxygens (including phenoxy) is 1. The molecule has 0 spiro atoms. The average Bonchev–Trinajstić information content (AvgIpc) is 3.12. The number of pyridine rings is 1. The molecule has 0 aliphatic heterocycles. The summed E-state index contributed by atoms with van der Waals surface area (Å²) in [6.07, 6.45) is 1.85. The number of fused-ring (bicyclic) bond motifs is 1. The van der Waals surface area contributed by atoms with Crippen molar-refractivity contribution in [3.63, 3.8) is 0 Å². The molecule has 0 aliphatic rings. The molecule has 2 heterocycles. The Labute approximate surface area is 161 Å². The molecule has 6 nitrogen and oxygen atoms in total. The molecule has 0 radical (unpaired) electrons. The van der Waals surface area contributed by atoms with Crippen LogP contribution in [0.3, 0.4) is 0 Å². The summed E-state index contributed by atoms with van der Waals surface area (Å²) >= 11 is 0. The predicted molar refractivity (Wildman–Crippen MR) is 106 cm³/mol. The van der Waals surface area contributed by atoms with Crippen molar-refractivity contribution in [1.29, 1.82) is 5.26 Å². The molecule has 28 heavy (non-hydrogen) atoms. The van der Waals surface area contributed by atoms with Gasteiger partial charge in [-0.25, -0.2) is 4.98 Å². The van der Waals surface area contributed by atoms with E-state index in [2.05, 4.69) is 10.3 Å². The Morgan fingerprint density at radius 3 is 2.54 bits per heavy atom. The Kier molecular flexibility index (Phi) is 4.72. The highest BCUT2D eigenvalue weighted by Crippen LogP contribution is 2.28. The Bertz CT molecular complexity index is 1160. The highest BCUT2D eigenvalue weighted by atomic mass is 16.5. The minimum Gasteiger partial charge on any atom is -0.484 e. The highest BCUT2D eigenvalue weighted by molar-refractivity contribution is 5.95. The quantitative estimate of drug-likeness (QED) is 0.580. The van der Waals surface area contributed by atoms with Gasteiger partial charge in [-0.1, -0.05) is 36.4 Å². The number of nitriles is 1. The van der Waals surface area contributed by atoms with Crippen LogP contribution in [0.5, 0.6) is 5.75 Å². The van der Waals surface area contributed by atoms with E-state index in [1.54, 1.807) is 24.3 Å². The number of imidazole rings is 1. The first-order chi connectivity index (χ1) is 13.7. The minimum atomic E-state index is -0.299. The van der Waals surface area contributed by atoms with Crippen molar-refractivity contribution in [2.75, 3.05) is 11.9 Å². The van der Waals surface area contributed by atoms with Gasteiger partial charge in [0.2, 0.25) is 0 Å². The predicted octanol–water partition coefficient (Wildman–Crippen LogP) is 3.89. The van der Waals surface area contributed by atoms with Gasteiger partial charge in [-0.05, 0) is 36.4 Å². The van der Waals surface area contributed by atoms with Gasteiger partial charge >= 0.3 is 0 Å². The van der Waals surface area contributed by atoms with E-state index < -0.39 is 0 Å². The number of benzene rings is 2. The number of aromatic nitrogens is 2. The third-order valence-corrected chi connectivity index (χ3v) is 4.19. The second-order valence-corrected chi connectivity index (χ2v) is 6.08. The van der Waals surface area contributed by atoms with E-state index in [1.165, 1.54) is 0 Å². The lowest BCUT2D eigenvalue weighted by Gasteiger charge is -2.09. The number of hydrogen-bond acceptors (Lipinski definition) is 4. The van der Waals surface area contributed by atoms with Gasteiger partial charge in [0.1, 0.15) is 22.9 Å². The first-order valence-electron chi connectivity index (χ1n) is 8.70. The van der Waals surface area contributed by atoms with Gasteiger partial charge in [-0.15, -0.1) is 0 Å². The normalized spacial score (nSPS) is 10.4. The molecule has 1 N–H and O–H groups in total. The molecule has 0 bridgehead atoms. The van der Waals surface area contributed by atoms with E-state index in [4.69, 9.17) is 10.00 Å². The summed E-state index contributed by atoms with van der Waals surface area (Å²) in [5.41, 5.74) is 2.88. The summed E-state index contributed by atoms with van der Waals surface area (Å²) in [6, 6.07) is 24.0. The number of hydrogen-bond donors (Lipinski definition) is 1. The molecule has 0 aliphatic carbocycles. The van der Waals surface area contributed by atoms with Crippen LogP contribution in [0.15, 0.2) is 79.0 Å². The monoisotopic (exact) mass is 368 g/mol. The molecule has 136 valence electrons. The molecular formula is C22H16N4O2. The molecule has 2 aromatic carbocycles. The summed E-state index contributed by atoms with van der Waals surface area (Å²) in [5.74, 6) is 0.818. The average molecular weight is 368 g/mol. The number of carbonyl (C=O) groups is 1. The van der Waals surface area contributed by atoms with Crippen LogP contribution in [-0.4, -0.2) is 21.9 Å². The lowest BCUT2D eigenvalue weighted by Crippen LogP contribution is -2.21. The fourth-order valence-electron chi connectivity index (χ4n) is 2.86. The number of anilines is 1. The minimum absolute atomic E-state index is 0.153. The number of amides is 1. The zero-order valence-corrected chi connectivity index (χ0v) is 14.9. The number of nitrogens with one attached hydrogen (secondary N) is 1. The van der Waals surface area contributed by atoms with E-state index >= 15 is 0 Å². The van der Waals surface area contributed by atoms with Crippen LogP contribution >= 0.6 is 0 Å². The summed E-state index contributed by atoms with van der Waals surface area (Å²) in [4.78, 5) is 17.2. The van der Waals surface area contributed by atoms with Crippen molar-refractivity contribution in [3.05, 3.63) is 84.6 Å². The molecular weight excluding hydrogens is 352 g/mol. The van der Waals surface area contributed by atoms with Crippen molar-refractivity contribution in [2.45, 2.75) is 0 Å². The molecule has 0 unspecified atom stereocenters. The third-order valence-electron chi connectivity index (χ3n) is 4.19. The van der Waals surface area contributed by atoms with Gasteiger partial charge in [-0.2, -0.15) is 5.26 Å². The van der Waals surface area contributed by atoms with Crippen LogP contribution in [0.2, 0.25) is 0 Å². The molecule has 1 amide bonds. The fraction of sp³-hybridized carbons (Fsp3) is 0.0455. The second-order valence-electron chi connectivity index (χ2n) is 6.08. The SMILES string of the molecule is N#Cc1ccc(OCC(=O)Nc2c(-c3ccccc3)nc3ccccn23)cc1. The lowest BCUT2D eigenvalue weighted by molar-refractivity contribution is -0.118. The summed E-state index contributed by atoms with van der Waals surface area (Å²) < 4.78 is 7.36. The summed E-state index contributed by atoms with van der Waals surface area (Å²) in [5, 5.41) is 11.7. The van der Waals surface area contributed by atoms with Crippen molar-refractivity contribution in [1.82, 2.24) is 9.38 Å². The molecule has 0 atom stereocenters. The Hall–Kier alpha value is -4.11. The Morgan fingerprint density at radius 1 is 1.04 bits per heavy atom. The van der Waals surface area contributed by atoms with Crippen molar-refractivity contribution < 1.29 is 9.53 Å². The van der Waals surface area contributed by atoms with Gasteiger partial charge in [0.15, 0.2) is 6.61 Å². The van der Waals surface area contributed by atoms with Crippen LogP contribution in [0.4, 0.5) is 5.82 Å². The maximum atomic E-state index is 12.5. The van der Waals surface area contributed by atoms with Crippen LogP contribution in [0, 0.1) is 11.3 Å². The van der Waals surface area contributed by atoms with Crippen LogP contribution < -0.4 is 10.1 Å². The summed E-state index contributed by atoms with van der Waals surface area (Å²) in [7, 11) is 0. The van der Waals surface area contributed by atoms with Crippen molar-refractivity contribution >= 4 is 17.4 Å². The van der Waals surface area contributed by atoms with Gasteiger partial charge in [-0.3, -0.25) is 9.20 Å². The number of rotatable bonds is 5. The van der Waals surface area contributed by atoms with Gasteiger partial charge < -0.3 is 10.1 Å². The second kappa shape index (κ2) is 7.64. The zero-order chi connectivity index (χ0) is 19.3. The molecule has 6 heteroatoms. The van der Waals surface area contributed by atoms with E-state index in [9.17, 15) is 4.79 Å². The smallest absolute Gasteiger partial charge is 0.263 e. The third kappa shape index (κ3) is 3.55. The van der Waals surface area contributed by atoms with Gasteiger partial charge in [0.05, 0.1) is 11.6 Å².